The number of methoxy groups -OCH3 is 2. The van der Waals surface area contributed by atoms with Gasteiger partial charge in [-0.1, -0.05) is 12.1 Å². The highest BCUT2D eigenvalue weighted by Gasteiger charge is 2.07. The molecule has 19 heavy (non-hydrogen) atoms. The number of hydrogen-bond acceptors (Lipinski definition) is 5. The van der Waals surface area contributed by atoms with Crippen LogP contribution in [-0.2, 0) is 0 Å². The van der Waals surface area contributed by atoms with Crippen molar-refractivity contribution in [1.82, 2.24) is 9.97 Å². The first-order chi connectivity index (χ1) is 9.22. The maximum absolute atomic E-state index is 5.22. The first-order valence-corrected chi connectivity index (χ1v) is 5.99. The standard InChI is InChI=1S/C14H17N3O2/c1-10(11-5-4-6-12(7-11)18-2)17-13-8-14(19-3)16-9-15-13/h4-10H,1-3H3,(H,15,16,17)/t10-/m1/s1. The Morgan fingerprint density at radius 2 is 1.95 bits per heavy atom. The number of rotatable bonds is 5. The van der Waals surface area contributed by atoms with Crippen LogP contribution in [0.15, 0.2) is 36.7 Å². The Kier molecular flexibility index (Phi) is 4.18. The SMILES string of the molecule is COc1cccc([C@@H](C)Nc2cc(OC)ncn2)c1. The van der Waals surface area contributed by atoms with Crippen LogP contribution in [-0.4, -0.2) is 24.2 Å². The van der Waals surface area contributed by atoms with E-state index in [1.54, 1.807) is 20.3 Å². The van der Waals surface area contributed by atoms with Crippen molar-refractivity contribution >= 4 is 5.82 Å². The number of aromatic nitrogens is 2. The molecule has 100 valence electrons. The highest BCUT2D eigenvalue weighted by Crippen LogP contribution is 2.22. The van der Waals surface area contributed by atoms with E-state index in [1.165, 1.54) is 6.33 Å². The maximum Gasteiger partial charge on any atom is 0.218 e. The summed E-state index contributed by atoms with van der Waals surface area (Å²) >= 11 is 0. The van der Waals surface area contributed by atoms with Gasteiger partial charge in [-0.25, -0.2) is 9.97 Å². The lowest BCUT2D eigenvalue weighted by molar-refractivity contribution is 0.397. The van der Waals surface area contributed by atoms with Crippen molar-refractivity contribution in [2.24, 2.45) is 0 Å². The number of nitrogens with one attached hydrogen (secondary N) is 1. The van der Waals surface area contributed by atoms with E-state index in [0.717, 1.165) is 17.1 Å². The minimum atomic E-state index is 0.106. The van der Waals surface area contributed by atoms with Gasteiger partial charge in [0.05, 0.1) is 20.3 Å². The lowest BCUT2D eigenvalue weighted by Gasteiger charge is -2.15. The molecule has 1 N–H and O–H groups in total. The summed E-state index contributed by atoms with van der Waals surface area (Å²) in [6, 6.07) is 9.79. The number of ether oxygens (including phenoxy) is 2. The Morgan fingerprint density at radius 1 is 1.11 bits per heavy atom. The summed E-state index contributed by atoms with van der Waals surface area (Å²) in [5.41, 5.74) is 1.12. The molecular formula is C14H17N3O2. The number of benzene rings is 1. The average Bonchev–Trinajstić information content (AvgIpc) is 2.47. The van der Waals surface area contributed by atoms with Gasteiger partial charge in [-0.05, 0) is 24.6 Å². The zero-order valence-electron chi connectivity index (χ0n) is 11.3. The summed E-state index contributed by atoms with van der Waals surface area (Å²) in [4.78, 5) is 8.13. The third-order valence-corrected chi connectivity index (χ3v) is 2.81. The molecule has 0 aliphatic carbocycles. The van der Waals surface area contributed by atoms with Crippen LogP contribution in [0.4, 0.5) is 5.82 Å². The van der Waals surface area contributed by atoms with Crippen LogP contribution in [0.2, 0.25) is 0 Å². The molecule has 0 bridgehead atoms. The van der Waals surface area contributed by atoms with Gasteiger partial charge in [0, 0.05) is 6.07 Å². The molecule has 1 aromatic heterocycles. The monoisotopic (exact) mass is 259 g/mol. The van der Waals surface area contributed by atoms with Gasteiger partial charge in [0.15, 0.2) is 0 Å². The third-order valence-electron chi connectivity index (χ3n) is 2.81. The van der Waals surface area contributed by atoms with E-state index < -0.39 is 0 Å². The van der Waals surface area contributed by atoms with E-state index in [9.17, 15) is 0 Å². The zero-order valence-corrected chi connectivity index (χ0v) is 11.3. The number of nitrogens with zero attached hydrogens (tertiary/aromatic N) is 2. The van der Waals surface area contributed by atoms with Crippen molar-refractivity contribution in [2.75, 3.05) is 19.5 Å². The van der Waals surface area contributed by atoms with Gasteiger partial charge in [-0.2, -0.15) is 0 Å². The molecule has 1 atom stereocenters. The van der Waals surface area contributed by atoms with Gasteiger partial charge in [0.1, 0.15) is 17.9 Å². The predicted octanol–water partition coefficient (Wildman–Crippen LogP) is 2.67. The van der Waals surface area contributed by atoms with Gasteiger partial charge in [0.25, 0.3) is 0 Å². The summed E-state index contributed by atoms with van der Waals surface area (Å²) in [5.74, 6) is 2.10. The minimum Gasteiger partial charge on any atom is -0.497 e. The van der Waals surface area contributed by atoms with Gasteiger partial charge < -0.3 is 14.8 Å². The van der Waals surface area contributed by atoms with Crippen molar-refractivity contribution in [3.05, 3.63) is 42.2 Å². The van der Waals surface area contributed by atoms with Crippen LogP contribution in [0, 0.1) is 0 Å². The van der Waals surface area contributed by atoms with Crippen LogP contribution < -0.4 is 14.8 Å². The second kappa shape index (κ2) is 6.04. The van der Waals surface area contributed by atoms with E-state index in [4.69, 9.17) is 9.47 Å². The van der Waals surface area contributed by atoms with Crippen LogP contribution >= 0.6 is 0 Å². The fraction of sp³-hybridized carbons (Fsp3) is 0.286. The molecule has 1 heterocycles. The molecule has 2 rings (SSSR count). The molecular weight excluding hydrogens is 242 g/mol. The number of hydrogen-bond donors (Lipinski definition) is 1. The van der Waals surface area contributed by atoms with E-state index in [2.05, 4.69) is 22.2 Å². The molecule has 0 spiro atoms. The Hall–Kier alpha value is -2.30. The first-order valence-electron chi connectivity index (χ1n) is 5.99. The van der Waals surface area contributed by atoms with Crippen molar-refractivity contribution in [3.63, 3.8) is 0 Å². The van der Waals surface area contributed by atoms with Crippen molar-refractivity contribution in [2.45, 2.75) is 13.0 Å². The van der Waals surface area contributed by atoms with Gasteiger partial charge in [-0.15, -0.1) is 0 Å². The van der Waals surface area contributed by atoms with Gasteiger partial charge in [-0.3, -0.25) is 0 Å². The highest BCUT2D eigenvalue weighted by atomic mass is 16.5. The fourth-order valence-electron chi connectivity index (χ4n) is 1.75. The normalized spacial score (nSPS) is 11.7. The van der Waals surface area contributed by atoms with Gasteiger partial charge >= 0.3 is 0 Å². The van der Waals surface area contributed by atoms with Crippen LogP contribution in [0.5, 0.6) is 11.6 Å². The molecule has 0 fully saturated rings. The molecule has 0 aliphatic rings. The maximum atomic E-state index is 5.22. The largest absolute Gasteiger partial charge is 0.497 e. The predicted molar refractivity (Wildman–Crippen MR) is 73.6 cm³/mol. The molecule has 1 aromatic carbocycles. The molecule has 0 amide bonds. The Labute approximate surface area is 112 Å². The van der Waals surface area contributed by atoms with E-state index >= 15 is 0 Å². The van der Waals surface area contributed by atoms with Crippen LogP contribution in [0.1, 0.15) is 18.5 Å². The quantitative estimate of drug-likeness (QED) is 0.894. The van der Waals surface area contributed by atoms with Crippen LogP contribution in [0.3, 0.4) is 0 Å². The zero-order chi connectivity index (χ0) is 13.7. The van der Waals surface area contributed by atoms with Gasteiger partial charge in [0.2, 0.25) is 5.88 Å². The van der Waals surface area contributed by atoms with Crippen molar-refractivity contribution in [1.29, 1.82) is 0 Å². The summed E-state index contributed by atoms with van der Waals surface area (Å²) in [5, 5.41) is 3.30. The molecule has 0 saturated carbocycles. The van der Waals surface area contributed by atoms with E-state index in [0.29, 0.717) is 5.88 Å². The summed E-state index contributed by atoms with van der Waals surface area (Å²) in [6.07, 6.45) is 1.47. The third kappa shape index (κ3) is 3.34. The minimum absolute atomic E-state index is 0.106. The van der Waals surface area contributed by atoms with Crippen molar-refractivity contribution < 1.29 is 9.47 Å². The molecule has 0 aliphatic heterocycles. The average molecular weight is 259 g/mol. The topological polar surface area (TPSA) is 56.3 Å². The second-order valence-electron chi connectivity index (χ2n) is 4.09. The Morgan fingerprint density at radius 3 is 2.68 bits per heavy atom. The Bertz CT molecular complexity index is 546. The first kappa shape index (κ1) is 13.1. The summed E-state index contributed by atoms with van der Waals surface area (Å²) in [7, 11) is 3.24. The summed E-state index contributed by atoms with van der Waals surface area (Å²) in [6.45, 7) is 2.06. The molecule has 5 nitrogen and oxygen atoms in total. The Balaban J connectivity index is 2.13. The lowest BCUT2D eigenvalue weighted by atomic mass is 10.1. The van der Waals surface area contributed by atoms with E-state index in [-0.39, 0.29) is 6.04 Å². The molecule has 5 heteroatoms. The number of anilines is 1. The van der Waals surface area contributed by atoms with E-state index in [1.807, 2.05) is 24.3 Å². The fourth-order valence-corrected chi connectivity index (χ4v) is 1.75. The van der Waals surface area contributed by atoms with Crippen molar-refractivity contribution in [3.8, 4) is 11.6 Å². The second-order valence-corrected chi connectivity index (χ2v) is 4.09. The molecule has 0 unspecified atom stereocenters. The lowest BCUT2D eigenvalue weighted by Crippen LogP contribution is -2.08. The molecule has 0 radical (unpaired) electrons. The summed E-state index contributed by atoms with van der Waals surface area (Å²) < 4.78 is 10.3. The molecule has 0 saturated heterocycles. The highest BCUT2D eigenvalue weighted by molar-refractivity contribution is 5.41. The van der Waals surface area contributed by atoms with Crippen LogP contribution in [0.25, 0.3) is 0 Å². The molecule has 2 aromatic rings. The smallest absolute Gasteiger partial charge is 0.218 e.